The Balaban J connectivity index is 3.16. The summed E-state index contributed by atoms with van der Waals surface area (Å²) < 4.78 is 38.2. The van der Waals surface area contributed by atoms with Crippen LogP contribution in [0.15, 0.2) is 18.2 Å². The van der Waals surface area contributed by atoms with Gasteiger partial charge in [-0.05, 0) is 57.1 Å². The summed E-state index contributed by atoms with van der Waals surface area (Å²) in [6.07, 6.45) is -4.32. The maximum atomic E-state index is 12.7. The predicted octanol–water partition coefficient (Wildman–Crippen LogP) is 4.13. The van der Waals surface area contributed by atoms with Crippen LogP contribution in [-0.2, 0) is 6.18 Å². The lowest BCUT2D eigenvalue weighted by Crippen LogP contribution is -2.51. The first-order chi connectivity index (χ1) is 9.55. The summed E-state index contributed by atoms with van der Waals surface area (Å²) in [6.45, 7) is 11.5. The van der Waals surface area contributed by atoms with Gasteiger partial charge in [-0.15, -0.1) is 0 Å². The number of aryl methyl sites for hydroxylation is 1. The lowest BCUT2D eigenvalue weighted by Gasteiger charge is -2.42. The molecule has 1 aromatic carbocycles. The van der Waals surface area contributed by atoms with Crippen LogP contribution in [-0.4, -0.2) is 23.5 Å². The Kier molecular flexibility index (Phi) is 5.45. The maximum Gasteiger partial charge on any atom is 0.416 e. The second-order valence-corrected chi connectivity index (χ2v) is 5.87. The third kappa shape index (κ3) is 3.77. The molecule has 2 N–H and O–H groups in total. The van der Waals surface area contributed by atoms with Gasteiger partial charge in [0.05, 0.1) is 5.56 Å². The summed E-state index contributed by atoms with van der Waals surface area (Å²) in [7, 11) is 0. The second-order valence-electron chi connectivity index (χ2n) is 5.87. The van der Waals surface area contributed by atoms with Gasteiger partial charge in [0.2, 0.25) is 0 Å². The van der Waals surface area contributed by atoms with Crippen molar-refractivity contribution in [2.24, 2.45) is 5.73 Å². The molecule has 1 aromatic rings. The van der Waals surface area contributed by atoms with E-state index in [1.54, 1.807) is 6.92 Å². The molecular weight excluding hydrogens is 277 g/mol. The molecule has 0 radical (unpaired) electrons. The van der Waals surface area contributed by atoms with E-state index in [0.29, 0.717) is 5.56 Å². The molecule has 0 fully saturated rings. The summed E-state index contributed by atoms with van der Waals surface area (Å²) in [5.41, 5.74) is 6.75. The number of hydrogen-bond donors (Lipinski definition) is 1. The Morgan fingerprint density at radius 2 is 1.67 bits per heavy atom. The van der Waals surface area contributed by atoms with E-state index >= 15 is 0 Å². The molecule has 1 rings (SSSR count). The molecule has 1 unspecified atom stereocenters. The number of rotatable bonds is 5. The van der Waals surface area contributed by atoms with Crippen LogP contribution in [0, 0.1) is 6.92 Å². The molecule has 0 aromatic heterocycles. The van der Waals surface area contributed by atoms with Gasteiger partial charge in [-0.2, -0.15) is 13.2 Å². The number of nitrogens with zero attached hydrogens (tertiary/aromatic N) is 1. The van der Waals surface area contributed by atoms with Crippen LogP contribution in [0.25, 0.3) is 0 Å². The van der Waals surface area contributed by atoms with Gasteiger partial charge in [0, 0.05) is 11.6 Å². The minimum absolute atomic E-state index is 0.325. The molecule has 21 heavy (non-hydrogen) atoms. The van der Waals surface area contributed by atoms with E-state index in [1.807, 2.05) is 13.8 Å². The van der Waals surface area contributed by atoms with E-state index in [-0.39, 0.29) is 11.6 Å². The summed E-state index contributed by atoms with van der Waals surface area (Å²) in [4.78, 5) is 2.22. The average Bonchev–Trinajstić information content (AvgIpc) is 2.37. The molecule has 0 bridgehead atoms. The number of nitrogens with two attached hydrogens (primary N) is 1. The molecule has 5 heteroatoms. The van der Waals surface area contributed by atoms with Crippen molar-refractivity contribution in [1.29, 1.82) is 0 Å². The first-order valence-corrected chi connectivity index (χ1v) is 7.24. The molecule has 0 saturated carbocycles. The number of benzene rings is 1. The van der Waals surface area contributed by atoms with Crippen LogP contribution in [0.3, 0.4) is 0 Å². The molecule has 0 spiro atoms. The number of halogens is 3. The van der Waals surface area contributed by atoms with Crippen molar-refractivity contribution in [2.45, 2.75) is 52.4 Å². The molecule has 2 nitrogen and oxygen atoms in total. The Labute approximate surface area is 125 Å². The van der Waals surface area contributed by atoms with E-state index in [0.717, 1.165) is 24.7 Å². The molecule has 0 saturated heterocycles. The Bertz CT molecular complexity index is 477. The van der Waals surface area contributed by atoms with Gasteiger partial charge >= 0.3 is 6.18 Å². The Morgan fingerprint density at radius 3 is 2.05 bits per heavy atom. The van der Waals surface area contributed by atoms with Crippen LogP contribution in [0.4, 0.5) is 13.2 Å². The van der Waals surface area contributed by atoms with Crippen molar-refractivity contribution in [3.8, 4) is 0 Å². The smallest absolute Gasteiger partial charge is 0.322 e. The minimum atomic E-state index is -4.32. The van der Waals surface area contributed by atoms with Crippen molar-refractivity contribution in [3.05, 3.63) is 34.9 Å². The van der Waals surface area contributed by atoms with E-state index in [2.05, 4.69) is 18.7 Å². The van der Waals surface area contributed by atoms with E-state index in [1.165, 1.54) is 12.1 Å². The SMILES string of the molecule is CCN(CC)C(C)(C)C(N)c1ccc(C(F)(F)F)cc1C. The normalized spacial score (nSPS) is 14.6. The Hall–Kier alpha value is -1.07. The van der Waals surface area contributed by atoms with Crippen molar-refractivity contribution in [3.63, 3.8) is 0 Å². The van der Waals surface area contributed by atoms with Crippen LogP contribution >= 0.6 is 0 Å². The lowest BCUT2D eigenvalue weighted by molar-refractivity contribution is -0.137. The van der Waals surface area contributed by atoms with Crippen LogP contribution in [0.5, 0.6) is 0 Å². The van der Waals surface area contributed by atoms with Crippen molar-refractivity contribution < 1.29 is 13.2 Å². The molecule has 1 atom stereocenters. The zero-order valence-electron chi connectivity index (χ0n) is 13.4. The summed E-state index contributed by atoms with van der Waals surface area (Å²) in [5, 5.41) is 0. The largest absolute Gasteiger partial charge is 0.416 e. The highest BCUT2D eigenvalue weighted by Gasteiger charge is 2.35. The number of likely N-dealkylation sites (N-methyl/N-ethyl adjacent to an activating group) is 1. The van der Waals surface area contributed by atoms with Crippen molar-refractivity contribution in [1.82, 2.24) is 4.90 Å². The van der Waals surface area contributed by atoms with Crippen molar-refractivity contribution in [2.75, 3.05) is 13.1 Å². The fourth-order valence-corrected chi connectivity index (χ4v) is 2.82. The van der Waals surface area contributed by atoms with Gasteiger partial charge in [-0.3, -0.25) is 4.90 Å². The van der Waals surface area contributed by atoms with Gasteiger partial charge in [0.15, 0.2) is 0 Å². The summed E-state index contributed by atoms with van der Waals surface area (Å²) in [5.74, 6) is 0. The first kappa shape index (κ1) is 18.0. The highest BCUT2D eigenvalue weighted by Crippen LogP contribution is 2.34. The third-order valence-corrected chi connectivity index (χ3v) is 4.27. The van der Waals surface area contributed by atoms with E-state index < -0.39 is 11.7 Å². The summed E-state index contributed by atoms with van der Waals surface area (Å²) in [6, 6.07) is 3.45. The average molecular weight is 302 g/mol. The molecule has 0 heterocycles. The molecular formula is C16H25F3N2. The predicted molar refractivity (Wildman–Crippen MR) is 80.1 cm³/mol. The second kappa shape index (κ2) is 6.36. The highest BCUT2D eigenvalue weighted by atomic mass is 19.4. The van der Waals surface area contributed by atoms with Gasteiger partial charge in [0.1, 0.15) is 0 Å². The van der Waals surface area contributed by atoms with Crippen LogP contribution in [0.2, 0.25) is 0 Å². The first-order valence-electron chi connectivity index (χ1n) is 7.24. The van der Waals surface area contributed by atoms with Gasteiger partial charge < -0.3 is 5.73 Å². The zero-order chi connectivity index (χ0) is 16.4. The number of hydrogen-bond acceptors (Lipinski definition) is 2. The molecule has 0 amide bonds. The molecule has 120 valence electrons. The fraction of sp³-hybridized carbons (Fsp3) is 0.625. The van der Waals surface area contributed by atoms with E-state index in [4.69, 9.17) is 5.73 Å². The quantitative estimate of drug-likeness (QED) is 0.886. The Morgan fingerprint density at radius 1 is 1.14 bits per heavy atom. The third-order valence-electron chi connectivity index (χ3n) is 4.27. The van der Waals surface area contributed by atoms with Gasteiger partial charge in [-0.25, -0.2) is 0 Å². The number of alkyl halides is 3. The van der Waals surface area contributed by atoms with E-state index in [9.17, 15) is 13.2 Å². The fourth-order valence-electron chi connectivity index (χ4n) is 2.82. The minimum Gasteiger partial charge on any atom is -0.322 e. The standard InChI is InChI=1S/C16H25F3N2/c1-6-21(7-2)15(4,5)14(20)13-9-8-12(10-11(13)3)16(17,18)19/h8-10,14H,6-7,20H2,1-5H3. The molecule has 0 aliphatic rings. The lowest BCUT2D eigenvalue weighted by atomic mass is 9.85. The highest BCUT2D eigenvalue weighted by molar-refractivity contribution is 5.36. The van der Waals surface area contributed by atoms with Gasteiger partial charge in [-0.1, -0.05) is 19.9 Å². The monoisotopic (exact) mass is 302 g/mol. The van der Waals surface area contributed by atoms with Crippen LogP contribution < -0.4 is 5.73 Å². The summed E-state index contributed by atoms with van der Waals surface area (Å²) >= 11 is 0. The van der Waals surface area contributed by atoms with Crippen LogP contribution in [0.1, 0.15) is 50.4 Å². The van der Waals surface area contributed by atoms with Crippen molar-refractivity contribution >= 4 is 0 Å². The molecule has 0 aliphatic heterocycles. The molecule has 0 aliphatic carbocycles. The zero-order valence-corrected chi connectivity index (χ0v) is 13.4. The topological polar surface area (TPSA) is 29.3 Å². The van der Waals surface area contributed by atoms with Gasteiger partial charge in [0.25, 0.3) is 0 Å². The maximum absolute atomic E-state index is 12.7.